The van der Waals surface area contributed by atoms with E-state index in [0.717, 1.165) is 25.7 Å². The van der Waals surface area contributed by atoms with Gasteiger partial charge in [0.15, 0.2) is 0 Å². The first-order valence-corrected chi connectivity index (χ1v) is 7.51. The highest BCUT2D eigenvalue weighted by Crippen LogP contribution is 2.25. The molecule has 102 valence electrons. The Morgan fingerprint density at radius 1 is 1.06 bits per heavy atom. The van der Waals surface area contributed by atoms with Crippen LogP contribution in [0.1, 0.15) is 59.3 Å². The third-order valence-electron chi connectivity index (χ3n) is 3.77. The topological polar surface area (TPSA) is 21.3 Å². The number of rotatable bonds is 7. The van der Waals surface area contributed by atoms with Gasteiger partial charge < -0.3 is 10.1 Å². The minimum atomic E-state index is 0.647. The first-order chi connectivity index (χ1) is 8.20. The first kappa shape index (κ1) is 15.0. The lowest BCUT2D eigenvalue weighted by Gasteiger charge is -2.23. The Labute approximate surface area is 108 Å². The summed E-state index contributed by atoms with van der Waals surface area (Å²) in [6.07, 6.45) is 8.59. The molecule has 1 fully saturated rings. The Kier molecular flexibility index (Phi) is 7.87. The van der Waals surface area contributed by atoms with Crippen molar-refractivity contribution >= 4 is 0 Å². The van der Waals surface area contributed by atoms with Crippen molar-refractivity contribution in [2.24, 2.45) is 11.8 Å². The smallest absolute Gasteiger partial charge is 0.0591 e. The van der Waals surface area contributed by atoms with E-state index >= 15 is 0 Å². The van der Waals surface area contributed by atoms with E-state index < -0.39 is 0 Å². The summed E-state index contributed by atoms with van der Waals surface area (Å²) in [5.74, 6) is 1.54. The van der Waals surface area contributed by atoms with Crippen LogP contribution in [0, 0.1) is 11.8 Å². The second-order valence-electron chi connectivity index (χ2n) is 5.96. The van der Waals surface area contributed by atoms with Crippen LogP contribution in [-0.2, 0) is 4.74 Å². The fourth-order valence-electron chi connectivity index (χ4n) is 2.66. The monoisotopic (exact) mass is 241 g/mol. The predicted octanol–water partition coefficient (Wildman–Crippen LogP) is 3.61. The quantitative estimate of drug-likeness (QED) is 0.543. The van der Waals surface area contributed by atoms with Crippen molar-refractivity contribution in [2.75, 3.05) is 19.8 Å². The zero-order valence-electron chi connectivity index (χ0n) is 12.0. The lowest BCUT2D eigenvalue weighted by Crippen LogP contribution is -2.35. The molecule has 1 aliphatic rings. The molecule has 0 radical (unpaired) electrons. The molecule has 0 unspecified atom stereocenters. The maximum Gasteiger partial charge on any atom is 0.0591 e. The lowest BCUT2D eigenvalue weighted by molar-refractivity contribution is 0.108. The second-order valence-corrected chi connectivity index (χ2v) is 5.96. The predicted molar refractivity (Wildman–Crippen MR) is 74.3 cm³/mol. The molecule has 0 bridgehead atoms. The molecule has 0 aromatic rings. The van der Waals surface area contributed by atoms with Gasteiger partial charge in [-0.05, 0) is 31.6 Å². The molecule has 0 amide bonds. The zero-order valence-corrected chi connectivity index (χ0v) is 12.0. The fourth-order valence-corrected chi connectivity index (χ4v) is 2.66. The molecule has 1 N–H and O–H groups in total. The van der Waals surface area contributed by atoms with Gasteiger partial charge in [0, 0.05) is 19.2 Å². The van der Waals surface area contributed by atoms with Gasteiger partial charge in [-0.25, -0.2) is 0 Å². The van der Waals surface area contributed by atoms with Gasteiger partial charge in [-0.3, -0.25) is 0 Å². The summed E-state index contributed by atoms with van der Waals surface area (Å²) in [7, 11) is 0. The van der Waals surface area contributed by atoms with Gasteiger partial charge in [-0.15, -0.1) is 0 Å². The van der Waals surface area contributed by atoms with E-state index in [2.05, 4.69) is 26.1 Å². The van der Waals surface area contributed by atoms with E-state index in [1.807, 2.05) is 0 Å². The van der Waals surface area contributed by atoms with Crippen LogP contribution in [0.3, 0.4) is 0 Å². The van der Waals surface area contributed by atoms with E-state index in [9.17, 15) is 0 Å². The van der Waals surface area contributed by atoms with Crippen molar-refractivity contribution in [2.45, 2.75) is 65.3 Å². The van der Waals surface area contributed by atoms with Crippen molar-refractivity contribution in [1.29, 1.82) is 0 Å². The Hall–Kier alpha value is -0.0800. The molecule has 1 rings (SSSR count). The molecule has 1 atom stereocenters. The van der Waals surface area contributed by atoms with Crippen molar-refractivity contribution in [3.8, 4) is 0 Å². The van der Waals surface area contributed by atoms with E-state index in [1.54, 1.807) is 0 Å². The van der Waals surface area contributed by atoms with Crippen LogP contribution in [0.25, 0.3) is 0 Å². The molecule has 17 heavy (non-hydrogen) atoms. The molecule has 0 aromatic carbocycles. The lowest BCUT2D eigenvalue weighted by atomic mass is 9.93. The summed E-state index contributed by atoms with van der Waals surface area (Å²) in [4.78, 5) is 0. The largest absolute Gasteiger partial charge is 0.380 e. The number of nitrogens with one attached hydrogen (secondary N) is 1. The second kappa shape index (κ2) is 8.93. The van der Waals surface area contributed by atoms with Crippen molar-refractivity contribution < 1.29 is 4.74 Å². The van der Waals surface area contributed by atoms with Crippen LogP contribution in [-0.4, -0.2) is 25.8 Å². The van der Waals surface area contributed by atoms with Crippen LogP contribution < -0.4 is 5.32 Å². The third kappa shape index (κ3) is 7.05. The molecule has 2 heteroatoms. The zero-order chi connectivity index (χ0) is 12.5. The van der Waals surface area contributed by atoms with Crippen LogP contribution >= 0.6 is 0 Å². The summed E-state index contributed by atoms with van der Waals surface area (Å²) in [6.45, 7) is 9.49. The van der Waals surface area contributed by atoms with Crippen molar-refractivity contribution in [1.82, 2.24) is 5.32 Å². The molecule has 2 nitrogen and oxygen atoms in total. The molecule has 0 spiro atoms. The SMILES string of the molecule is CC(C)COCCN[C@@H](C)C1CCCCCC1. The summed E-state index contributed by atoms with van der Waals surface area (Å²) in [5, 5.41) is 3.63. The third-order valence-corrected chi connectivity index (χ3v) is 3.77. The molecular formula is C15H31NO. The van der Waals surface area contributed by atoms with E-state index in [-0.39, 0.29) is 0 Å². The normalized spacial score (nSPS) is 20.5. The van der Waals surface area contributed by atoms with E-state index in [0.29, 0.717) is 12.0 Å². The Balaban J connectivity index is 2.04. The van der Waals surface area contributed by atoms with Gasteiger partial charge in [0.25, 0.3) is 0 Å². The molecule has 0 aromatic heterocycles. The highest BCUT2D eigenvalue weighted by Gasteiger charge is 2.18. The van der Waals surface area contributed by atoms with Crippen molar-refractivity contribution in [3.05, 3.63) is 0 Å². The van der Waals surface area contributed by atoms with Gasteiger partial charge in [0.2, 0.25) is 0 Å². The summed E-state index contributed by atoms with van der Waals surface area (Å²) in [6, 6.07) is 0.663. The Morgan fingerprint density at radius 2 is 1.71 bits per heavy atom. The van der Waals surface area contributed by atoms with Gasteiger partial charge in [-0.2, -0.15) is 0 Å². The average Bonchev–Trinajstić information content (AvgIpc) is 2.56. The highest BCUT2D eigenvalue weighted by atomic mass is 16.5. The summed E-state index contributed by atoms with van der Waals surface area (Å²) in [5.41, 5.74) is 0. The van der Waals surface area contributed by atoms with Crippen LogP contribution in [0.2, 0.25) is 0 Å². The summed E-state index contributed by atoms with van der Waals surface area (Å²) < 4.78 is 5.59. The number of hydrogen-bond donors (Lipinski definition) is 1. The average molecular weight is 241 g/mol. The molecule has 1 saturated carbocycles. The maximum atomic E-state index is 5.59. The van der Waals surface area contributed by atoms with E-state index in [4.69, 9.17) is 4.74 Å². The van der Waals surface area contributed by atoms with Crippen LogP contribution in [0.4, 0.5) is 0 Å². The maximum absolute atomic E-state index is 5.59. The molecule has 0 aliphatic heterocycles. The minimum Gasteiger partial charge on any atom is -0.380 e. The Bertz CT molecular complexity index is 174. The molecule has 0 saturated heterocycles. The standard InChI is InChI=1S/C15H31NO/c1-13(2)12-17-11-10-16-14(3)15-8-6-4-5-7-9-15/h13-16H,4-12H2,1-3H3/t14-/m0/s1. The fraction of sp³-hybridized carbons (Fsp3) is 1.00. The van der Waals surface area contributed by atoms with Crippen LogP contribution in [0.5, 0.6) is 0 Å². The van der Waals surface area contributed by atoms with Gasteiger partial charge >= 0.3 is 0 Å². The minimum absolute atomic E-state index is 0.647. The van der Waals surface area contributed by atoms with E-state index in [1.165, 1.54) is 38.5 Å². The van der Waals surface area contributed by atoms with Gasteiger partial charge in [0.05, 0.1) is 6.61 Å². The van der Waals surface area contributed by atoms with Gasteiger partial charge in [-0.1, -0.05) is 39.5 Å². The first-order valence-electron chi connectivity index (χ1n) is 7.51. The molecular weight excluding hydrogens is 210 g/mol. The summed E-state index contributed by atoms with van der Waals surface area (Å²) >= 11 is 0. The van der Waals surface area contributed by atoms with Gasteiger partial charge in [0.1, 0.15) is 0 Å². The number of ether oxygens (including phenoxy) is 1. The molecule has 0 heterocycles. The van der Waals surface area contributed by atoms with Crippen LogP contribution in [0.15, 0.2) is 0 Å². The molecule has 1 aliphatic carbocycles. The Morgan fingerprint density at radius 3 is 2.29 bits per heavy atom. The van der Waals surface area contributed by atoms with Crippen molar-refractivity contribution in [3.63, 3.8) is 0 Å². The number of hydrogen-bond acceptors (Lipinski definition) is 2. The highest BCUT2D eigenvalue weighted by molar-refractivity contribution is 4.74.